The average molecular weight is 447 g/mol. The second kappa shape index (κ2) is 7.45. The molecule has 5 heterocycles. The van der Waals surface area contributed by atoms with E-state index in [1.54, 1.807) is 12.4 Å². The van der Waals surface area contributed by atoms with Crippen LogP contribution in [0.2, 0.25) is 0 Å². The highest BCUT2D eigenvalue weighted by atomic mass is 19.1. The largest absolute Gasteiger partial charge is 0.373 e. The summed E-state index contributed by atoms with van der Waals surface area (Å²) < 4.78 is 22.1. The predicted molar refractivity (Wildman–Crippen MR) is 126 cm³/mol. The molecule has 0 radical (unpaired) electrons. The fourth-order valence-electron chi connectivity index (χ4n) is 5.16. The van der Waals surface area contributed by atoms with Crippen molar-refractivity contribution in [2.75, 3.05) is 24.6 Å². The van der Waals surface area contributed by atoms with Crippen molar-refractivity contribution in [3.8, 4) is 11.3 Å². The number of hydrogen-bond acceptors (Lipinski definition) is 6. The average Bonchev–Trinajstić information content (AvgIpc) is 3.27. The highest BCUT2D eigenvalue weighted by molar-refractivity contribution is 5.98. The highest BCUT2D eigenvalue weighted by Gasteiger charge is 2.42. The third-order valence-electron chi connectivity index (χ3n) is 7.07. The molecule has 2 fully saturated rings. The summed E-state index contributed by atoms with van der Waals surface area (Å²) in [5.74, 6) is 1.05. The number of pyridine rings is 1. The fraction of sp³-hybridized carbons (Fsp3) is 0.440. The van der Waals surface area contributed by atoms with Crippen molar-refractivity contribution in [2.45, 2.75) is 51.6 Å². The van der Waals surface area contributed by atoms with Crippen LogP contribution in [-0.2, 0) is 4.74 Å². The van der Waals surface area contributed by atoms with Crippen LogP contribution in [-0.4, -0.2) is 50.4 Å². The quantitative estimate of drug-likeness (QED) is 0.482. The molecule has 33 heavy (non-hydrogen) atoms. The Kier molecular flexibility index (Phi) is 4.62. The molecule has 8 heteroatoms. The Morgan fingerprint density at radius 3 is 2.76 bits per heavy atom. The molecule has 170 valence electrons. The molecule has 1 unspecified atom stereocenters. The van der Waals surface area contributed by atoms with Crippen LogP contribution in [0.4, 0.5) is 10.2 Å². The standard InChI is InChI=1S/C25H27FN6O/c1-14(2)23-29-21-17(24(30-23)32-9-4-7-25(13-32)8-10-33-25)11-27-22(20(21)26)19-15(3)5-6-18-16(19)12-28-31-18/h5-6,11-12,14H,4,7-10,13H2,1-3H3,(H,28,31). The number of benzene rings is 1. The number of halogens is 1. The summed E-state index contributed by atoms with van der Waals surface area (Å²) in [5, 5.41) is 8.60. The minimum absolute atomic E-state index is 0.0712. The lowest BCUT2D eigenvalue weighted by molar-refractivity contribution is -0.151. The van der Waals surface area contributed by atoms with Gasteiger partial charge in [-0.25, -0.2) is 14.4 Å². The summed E-state index contributed by atoms with van der Waals surface area (Å²) in [4.78, 5) is 16.4. The Hall–Kier alpha value is -3.13. The van der Waals surface area contributed by atoms with Crippen molar-refractivity contribution in [3.05, 3.63) is 41.7 Å². The number of aromatic nitrogens is 5. The number of ether oxygens (including phenoxy) is 1. The van der Waals surface area contributed by atoms with E-state index in [9.17, 15) is 0 Å². The summed E-state index contributed by atoms with van der Waals surface area (Å²) >= 11 is 0. The lowest BCUT2D eigenvalue weighted by Crippen LogP contribution is -2.56. The first-order valence-electron chi connectivity index (χ1n) is 11.6. The number of H-pyrrole nitrogens is 1. The summed E-state index contributed by atoms with van der Waals surface area (Å²) in [7, 11) is 0. The zero-order valence-electron chi connectivity index (χ0n) is 19.2. The number of nitrogens with zero attached hydrogens (tertiary/aromatic N) is 5. The molecule has 1 atom stereocenters. The van der Waals surface area contributed by atoms with Crippen LogP contribution in [0.15, 0.2) is 24.5 Å². The number of fused-ring (bicyclic) bond motifs is 2. The first-order chi connectivity index (χ1) is 16.0. The van der Waals surface area contributed by atoms with Gasteiger partial charge in [-0.05, 0) is 31.4 Å². The fourth-order valence-corrected chi connectivity index (χ4v) is 5.16. The molecule has 1 aromatic carbocycles. The Labute approximate surface area is 191 Å². The van der Waals surface area contributed by atoms with E-state index in [1.807, 2.05) is 32.9 Å². The number of nitrogens with one attached hydrogen (secondary N) is 1. The molecule has 2 aliphatic rings. The monoisotopic (exact) mass is 446 g/mol. The lowest BCUT2D eigenvalue weighted by Gasteiger charge is -2.49. The van der Waals surface area contributed by atoms with Gasteiger partial charge in [-0.2, -0.15) is 5.10 Å². The molecule has 2 aliphatic heterocycles. The van der Waals surface area contributed by atoms with E-state index in [0.29, 0.717) is 22.4 Å². The van der Waals surface area contributed by atoms with Gasteiger partial charge in [0.2, 0.25) is 0 Å². The Balaban J connectivity index is 1.56. The van der Waals surface area contributed by atoms with Crippen LogP contribution in [0.5, 0.6) is 0 Å². The van der Waals surface area contributed by atoms with Crippen molar-refractivity contribution in [1.82, 2.24) is 25.1 Å². The molecule has 2 saturated heterocycles. The molecule has 0 amide bonds. The maximum atomic E-state index is 16.2. The number of aromatic amines is 1. The molecule has 0 bridgehead atoms. The van der Waals surface area contributed by atoms with Gasteiger partial charge in [0.25, 0.3) is 0 Å². The SMILES string of the molecule is Cc1ccc2[nH]ncc2c1-c1ncc2c(N3CCCC4(CCO4)C3)nc(C(C)C)nc2c1F. The number of hydrogen-bond donors (Lipinski definition) is 1. The lowest BCUT2D eigenvalue weighted by atomic mass is 9.86. The van der Waals surface area contributed by atoms with Gasteiger partial charge in [-0.1, -0.05) is 19.9 Å². The van der Waals surface area contributed by atoms with E-state index in [0.717, 1.165) is 66.8 Å². The Morgan fingerprint density at radius 2 is 2.00 bits per heavy atom. The van der Waals surface area contributed by atoms with Crippen molar-refractivity contribution < 1.29 is 9.13 Å². The van der Waals surface area contributed by atoms with Crippen molar-refractivity contribution in [3.63, 3.8) is 0 Å². The Morgan fingerprint density at radius 1 is 1.15 bits per heavy atom. The van der Waals surface area contributed by atoms with Gasteiger partial charge in [0.15, 0.2) is 5.82 Å². The van der Waals surface area contributed by atoms with Gasteiger partial charge in [-0.3, -0.25) is 10.1 Å². The molecule has 0 aliphatic carbocycles. The second-order valence-electron chi connectivity index (χ2n) is 9.64. The smallest absolute Gasteiger partial charge is 0.175 e. The van der Waals surface area contributed by atoms with Crippen LogP contribution in [0.25, 0.3) is 33.1 Å². The number of piperidine rings is 1. The van der Waals surface area contributed by atoms with E-state index < -0.39 is 5.82 Å². The number of anilines is 1. The van der Waals surface area contributed by atoms with Gasteiger partial charge in [0, 0.05) is 42.6 Å². The third-order valence-corrected chi connectivity index (χ3v) is 7.07. The van der Waals surface area contributed by atoms with Crippen molar-refractivity contribution in [1.29, 1.82) is 0 Å². The first kappa shape index (κ1) is 20.5. The molecule has 3 aromatic heterocycles. The number of aryl methyl sites for hydroxylation is 1. The Bertz CT molecular complexity index is 1380. The summed E-state index contributed by atoms with van der Waals surface area (Å²) in [6.07, 6.45) is 6.61. The molecule has 4 aromatic rings. The zero-order chi connectivity index (χ0) is 22.7. The molecule has 7 nitrogen and oxygen atoms in total. The van der Waals surface area contributed by atoms with Gasteiger partial charge in [0.05, 0.1) is 29.3 Å². The normalized spacial score (nSPS) is 20.8. The molecular weight excluding hydrogens is 419 g/mol. The minimum Gasteiger partial charge on any atom is -0.373 e. The van der Waals surface area contributed by atoms with Gasteiger partial charge >= 0.3 is 0 Å². The van der Waals surface area contributed by atoms with Crippen LogP contribution in [0.1, 0.15) is 50.4 Å². The summed E-state index contributed by atoms with van der Waals surface area (Å²) in [6.45, 7) is 8.49. The van der Waals surface area contributed by atoms with E-state index in [1.165, 1.54) is 0 Å². The molecular formula is C25H27FN6O. The highest BCUT2D eigenvalue weighted by Crippen LogP contribution is 2.40. The van der Waals surface area contributed by atoms with E-state index in [2.05, 4.69) is 25.1 Å². The minimum atomic E-state index is -0.415. The van der Waals surface area contributed by atoms with Crippen LogP contribution < -0.4 is 4.90 Å². The number of rotatable bonds is 3. The molecule has 1 N–H and O–H groups in total. The maximum absolute atomic E-state index is 16.2. The maximum Gasteiger partial charge on any atom is 0.175 e. The molecule has 1 spiro atoms. The third kappa shape index (κ3) is 3.19. The van der Waals surface area contributed by atoms with Gasteiger partial charge < -0.3 is 9.64 Å². The van der Waals surface area contributed by atoms with Crippen LogP contribution in [0, 0.1) is 12.7 Å². The van der Waals surface area contributed by atoms with Crippen molar-refractivity contribution in [2.24, 2.45) is 0 Å². The summed E-state index contributed by atoms with van der Waals surface area (Å²) in [5.41, 5.74) is 3.06. The van der Waals surface area contributed by atoms with Gasteiger partial charge in [-0.15, -0.1) is 0 Å². The molecule has 0 saturated carbocycles. The topological polar surface area (TPSA) is 79.8 Å². The van der Waals surface area contributed by atoms with E-state index in [4.69, 9.17) is 9.72 Å². The summed E-state index contributed by atoms with van der Waals surface area (Å²) in [6, 6.07) is 3.91. The second-order valence-corrected chi connectivity index (χ2v) is 9.64. The predicted octanol–water partition coefficient (Wildman–Crippen LogP) is 4.90. The van der Waals surface area contributed by atoms with Crippen molar-refractivity contribution >= 4 is 27.6 Å². The van der Waals surface area contributed by atoms with E-state index >= 15 is 4.39 Å². The van der Waals surface area contributed by atoms with E-state index in [-0.39, 0.29) is 11.5 Å². The zero-order valence-corrected chi connectivity index (χ0v) is 19.2. The van der Waals surface area contributed by atoms with Crippen LogP contribution >= 0.6 is 0 Å². The molecule has 6 rings (SSSR count). The first-order valence-corrected chi connectivity index (χ1v) is 11.6. The van der Waals surface area contributed by atoms with Crippen LogP contribution in [0.3, 0.4) is 0 Å². The van der Waals surface area contributed by atoms with Gasteiger partial charge in [0.1, 0.15) is 22.9 Å².